The number of aromatic nitrogens is 2. The van der Waals surface area contributed by atoms with Gasteiger partial charge in [-0.3, -0.25) is 4.57 Å². The number of halogens is 1. The van der Waals surface area contributed by atoms with E-state index in [4.69, 9.17) is 15.6 Å². The van der Waals surface area contributed by atoms with E-state index < -0.39 is 30.7 Å². The first-order chi connectivity index (χ1) is 8.58. The van der Waals surface area contributed by atoms with Crippen molar-refractivity contribution < 1.29 is 19.3 Å². The Morgan fingerprint density at radius 2 is 2.39 bits per heavy atom. The Labute approximate surface area is 101 Å². The summed E-state index contributed by atoms with van der Waals surface area (Å²) in [7, 11) is 0. The highest BCUT2D eigenvalue weighted by atomic mass is 19.1. The molecular weight excluding hydrogens is 245 g/mol. The SMILES string of the molecule is Nc1ccn([C@@H]2O[C@H](CO)[C@H](O)/C2=C\F)c(=O)n1. The molecule has 18 heavy (non-hydrogen) atoms. The molecule has 1 aliphatic rings. The zero-order valence-electron chi connectivity index (χ0n) is 9.23. The number of hydrogen-bond acceptors (Lipinski definition) is 6. The van der Waals surface area contributed by atoms with Crippen molar-refractivity contribution in [3.63, 3.8) is 0 Å². The summed E-state index contributed by atoms with van der Waals surface area (Å²) in [5.41, 5.74) is 4.45. The molecule has 2 rings (SSSR count). The summed E-state index contributed by atoms with van der Waals surface area (Å²) < 4.78 is 19.0. The number of hydrogen-bond donors (Lipinski definition) is 3. The minimum Gasteiger partial charge on any atom is -0.394 e. The Morgan fingerprint density at radius 1 is 1.67 bits per heavy atom. The van der Waals surface area contributed by atoms with Crippen LogP contribution in [0, 0.1) is 0 Å². The number of aliphatic hydroxyl groups is 2. The third kappa shape index (κ3) is 2.01. The minimum atomic E-state index is -1.31. The van der Waals surface area contributed by atoms with Crippen LogP contribution in [0.4, 0.5) is 10.2 Å². The van der Waals surface area contributed by atoms with Crippen LogP contribution in [0.2, 0.25) is 0 Å². The van der Waals surface area contributed by atoms with Crippen LogP contribution < -0.4 is 11.4 Å². The summed E-state index contributed by atoms with van der Waals surface area (Å²) in [4.78, 5) is 15.1. The first-order valence-electron chi connectivity index (χ1n) is 5.17. The van der Waals surface area contributed by atoms with E-state index in [0.29, 0.717) is 0 Å². The van der Waals surface area contributed by atoms with Gasteiger partial charge < -0.3 is 20.7 Å². The molecule has 0 aliphatic carbocycles. The maximum Gasteiger partial charge on any atom is 0.351 e. The number of ether oxygens (including phenoxy) is 1. The van der Waals surface area contributed by atoms with Crippen LogP contribution in [0.3, 0.4) is 0 Å². The third-order valence-corrected chi connectivity index (χ3v) is 2.69. The van der Waals surface area contributed by atoms with Gasteiger partial charge in [0, 0.05) is 11.8 Å². The summed E-state index contributed by atoms with van der Waals surface area (Å²) in [5.74, 6) is 0.0271. The standard InChI is InChI=1S/C10H12FN3O4/c11-3-5-8(16)6(4-15)18-9(5)14-2-1-7(12)13-10(14)17/h1-3,6,8-9,15-16H,4H2,(H2,12,13,17)/b5-3+/t6-,8-,9-/m1/s1. The fourth-order valence-electron chi connectivity index (χ4n) is 1.77. The predicted molar refractivity (Wildman–Crippen MR) is 59.1 cm³/mol. The molecule has 1 aromatic heterocycles. The molecule has 0 amide bonds. The summed E-state index contributed by atoms with van der Waals surface area (Å²) in [6.45, 7) is -0.494. The van der Waals surface area contributed by atoms with Crippen LogP contribution in [0.1, 0.15) is 6.23 Å². The fraction of sp³-hybridized carbons (Fsp3) is 0.400. The van der Waals surface area contributed by atoms with E-state index in [1.165, 1.54) is 12.3 Å². The van der Waals surface area contributed by atoms with Crippen molar-refractivity contribution in [3.8, 4) is 0 Å². The lowest BCUT2D eigenvalue weighted by atomic mass is 10.1. The average Bonchev–Trinajstić information content (AvgIpc) is 2.65. The Morgan fingerprint density at radius 3 is 2.94 bits per heavy atom. The van der Waals surface area contributed by atoms with E-state index in [-0.39, 0.29) is 17.7 Å². The van der Waals surface area contributed by atoms with Crippen LogP contribution in [0.15, 0.2) is 29.0 Å². The summed E-state index contributed by atoms with van der Waals surface area (Å²) in [6.07, 6.45) is -1.99. The second-order valence-electron chi connectivity index (χ2n) is 3.81. The first-order valence-corrected chi connectivity index (χ1v) is 5.17. The average molecular weight is 257 g/mol. The normalized spacial score (nSPS) is 29.9. The monoisotopic (exact) mass is 257 g/mol. The van der Waals surface area contributed by atoms with E-state index in [1.807, 2.05) is 0 Å². The molecule has 0 radical (unpaired) electrons. The molecule has 98 valence electrons. The van der Waals surface area contributed by atoms with Gasteiger partial charge in [0.15, 0.2) is 6.23 Å². The van der Waals surface area contributed by atoms with Crippen molar-refractivity contribution in [1.29, 1.82) is 0 Å². The molecule has 1 saturated heterocycles. The van der Waals surface area contributed by atoms with Crippen LogP contribution >= 0.6 is 0 Å². The molecular formula is C10H12FN3O4. The summed E-state index contributed by atoms with van der Waals surface area (Å²) in [5, 5.41) is 18.6. The van der Waals surface area contributed by atoms with Crippen LogP contribution in [-0.4, -0.2) is 38.6 Å². The lowest BCUT2D eigenvalue weighted by Gasteiger charge is -2.14. The van der Waals surface area contributed by atoms with Gasteiger partial charge in [0.2, 0.25) is 0 Å². The van der Waals surface area contributed by atoms with Crippen molar-refractivity contribution in [2.75, 3.05) is 12.3 Å². The molecule has 1 fully saturated rings. The molecule has 0 bridgehead atoms. The largest absolute Gasteiger partial charge is 0.394 e. The van der Waals surface area contributed by atoms with Gasteiger partial charge >= 0.3 is 5.69 Å². The lowest BCUT2D eigenvalue weighted by Crippen LogP contribution is -2.28. The van der Waals surface area contributed by atoms with E-state index in [9.17, 15) is 14.3 Å². The van der Waals surface area contributed by atoms with E-state index in [0.717, 1.165) is 4.57 Å². The lowest BCUT2D eigenvalue weighted by molar-refractivity contribution is -0.0447. The highest BCUT2D eigenvalue weighted by Crippen LogP contribution is 2.33. The van der Waals surface area contributed by atoms with Gasteiger partial charge in [-0.05, 0) is 6.07 Å². The van der Waals surface area contributed by atoms with Crippen molar-refractivity contribution in [1.82, 2.24) is 9.55 Å². The molecule has 0 aromatic carbocycles. The van der Waals surface area contributed by atoms with Crippen LogP contribution in [0.25, 0.3) is 0 Å². The summed E-state index contributed by atoms with van der Waals surface area (Å²) >= 11 is 0. The highest BCUT2D eigenvalue weighted by Gasteiger charge is 2.40. The maximum absolute atomic E-state index is 12.8. The minimum absolute atomic E-state index is 0.0271. The number of nitrogen functional groups attached to an aromatic ring is 1. The Balaban J connectivity index is 2.41. The van der Waals surface area contributed by atoms with E-state index >= 15 is 0 Å². The second kappa shape index (κ2) is 4.84. The van der Waals surface area contributed by atoms with E-state index in [1.54, 1.807) is 0 Å². The molecule has 3 atom stereocenters. The van der Waals surface area contributed by atoms with Crippen molar-refractivity contribution in [2.45, 2.75) is 18.4 Å². The van der Waals surface area contributed by atoms with Gasteiger partial charge in [0.05, 0.1) is 12.9 Å². The molecule has 1 aromatic rings. The van der Waals surface area contributed by atoms with Gasteiger partial charge in [-0.25, -0.2) is 9.18 Å². The smallest absolute Gasteiger partial charge is 0.351 e. The maximum atomic E-state index is 12.8. The summed E-state index contributed by atoms with van der Waals surface area (Å²) in [6, 6.07) is 1.35. The van der Waals surface area contributed by atoms with Crippen molar-refractivity contribution >= 4 is 5.82 Å². The van der Waals surface area contributed by atoms with Crippen LogP contribution in [0.5, 0.6) is 0 Å². The van der Waals surface area contributed by atoms with Crippen molar-refractivity contribution in [3.05, 3.63) is 34.7 Å². The molecule has 8 heteroatoms. The van der Waals surface area contributed by atoms with Gasteiger partial charge in [0.1, 0.15) is 18.0 Å². The molecule has 4 N–H and O–H groups in total. The topological polar surface area (TPSA) is 111 Å². The molecule has 2 heterocycles. The third-order valence-electron chi connectivity index (χ3n) is 2.69. The number of nitrogens with two attached hydrogens (primary N) is 1. The quantitative estimate of drug-likeness (QED) is 0.622. The fourth-order valence-corrected chi connectivity index (χ4v) is 1.77. The number of aliphatic hydroxyl groups excluding tert-OH is 2. The van der Waals surface area contributed by atoms with Gasteiger partial charge in [-0.15, -0.1) is 0 Å². The van der Waals surface area contributed by atoms with Gasteiger partial charge in [0.25, 0.3) is 0 Å². The second-order valence-corrected chi connectivity index (χ2v) is 3.81. The molecule has 1 aliphatic heterocycles. The number of nitrogens with zero attached hydrogens (tertiary/aromatic N) is 2. The highest BCUT2D eigenvalue weighted by molar-refractivity contribution is 5.25. The Bertz CT molecular complexity index is 530. The molecule has 0 spiro atoms. The first kappa shape index (κ1) is 12.7. The van der Waals surface area contributed by atoms with E-state index in [2.05, 4.69) is 4.98 Å². The molecule has 0 unspecified atom stereocenters. The van der Waals surface area contributed by atoms with Gasteiger partial charge in [-0.2, -0.15) is 4.98 Å². The number of rotatable bonds is 2. The number of anilines is 1. The zero-order valence-corrected chi connectivity index (χ0v) is 9.23. The van der Waals surface area contributed by atoms with Crippen molar-refractivity contribution in [2.24, 2.45) is 0 Å². The predicted octanol–water partition coefficient (Wildman–Crippen LogP) is -1.07. The van der Waals surface area contributed by atoms with Gasteiger partial charge in [-0.1, -0.05) is 0 Å². The Hall–Kier alpha value is -1.77. The van der Waals surface area contributed by atoms with Crippen LogP contribution in [-0.2, 0) is 4.74 Å². The molecule has 7 nitrogen and oxygen atoms in total. The Kier molecular flexibility index (Phi) is 3.41. The zero-order chi connectivity index (χ0) is 13.3. The molecule has 0 saturated carbocycles.